The van der Waals surface area contributed by atoms with Crippen LogP contribution in [0.5, 0.6) is 0 Å². The number of hydrogen-bond donors (Lipinski definition) is 1. The molecule has 3 aliphatic rings. The van der Waals surface area contributed by atoms with E-state index in [9.17, 15) is 9.59 Å². The minimum atomic E-state index is -0.509. The highest BCUT2D eigenvalue weighted by Gasteiger charge is 2.41. The van der Waals surface area contributed by atoms with Gasteiger partial charge in [0.05, 0.1) is 18.9 Å². The predicted octanol–water partition coefficient (Wildman–Crippen LogP) is 1.58. The number of nitrogens with zero attached hydrogens (tertiary/aromatic N) is 3. The van der Waals surface area contributed by atoms with Gasteiger partial charge in [-0.05, 0) is 25.2 Å². The molecule has 2 amide bonds. The van der Waals surface area contributed by atoms with Crippen molar-refractivity contribution in [3.8, 4) is 0 Å². The topological polar surface area (TPSA) is 85.7 Å². The summed E-state index contributed by atoms with van der Waals surface area (Å²) >= 11 is 0. The van der Waals surface area contributed by atoms with Crippen LogP contribution < -0.4 is 5.32 Å². The lowest BCUT2D eigenvalue weighted by Crippen LogP contribution is -2.47. The van der Waals surface area contributed by atoms with Crippen LogP contribution in [0, 0.1) is 5.92 Å². The lowest BCUT2D eigenvalue weighted by Gasteiger charge is -2.37. The fourth-order valence-electron chi connectivity index (χ4n) is 4.25. The van der Waals surface area contributed by atoms with Crippen molar-refractivity contribution in [3.05, 3.63) is 17.2 Å². The molecule has 0 aliphatic carbocycles. The van der Waals surface area contributed by atoms with Crippen LogP contribution in [-0.2, 0) is 22.4 Å². The normalized spacial score (nSPS) is 21.2. The van der Waals surface area contributed by atoms with Crippen molar-refractivity contribution in [2.24, 2.45) is 5.92 Å². The van der Waals surface area contributed by atoms with Crippen LogP contribution in [0.3, 0.4) is 0 Å². The lowest BCUT2D eigenvalue weighted by molar-refractivity contribution is -0.181. The largest absolute Gasteiger partial charge is 0.350 e. The second kappa shape index (κ2) is 7.83. The van der Waals surface area contributed by atoms with Crippen LogP contribution in [0.2, 0.25) is 0 Å². The molecule has 2 fully saturated rings. The quantitative estimate of drug-likeness (QED) is 0.844. The number of ether oxygens (including phenoxy) is 2. The second-order valence-electron chi connectivity index (χ2n) is 8.34. The Labute approximate surface area is 165 Å². The first kappa shape index (κ1) is 19.4. The molecule has 0 radical (unpaired) electrons. The Kier molecular flexibility index (Phi) is 5.42. The number of nitrogens with one attached hydrogen (secondary N) is 1. The van der Waals surface area contributed by atoms with Gasteiger partial charge in [0.25, 0.3) is 11.8 Å². The van der Waals surface area contributed by atoms with Gasteiger partial charge in [-0.3, -0.25) is 9.59 Å². The maximum absolute atomic E-state index is 13.2. The number of imidazole rings is 1. The maximum Gasteiger partial charge on any atom is 0.289 e. The fourth-order valence-corrected chi connectivity index (χ4v) is 4.25. The third kappa shape index (κ3) is 3.67. The van der Waals surface area contributed by atoms with E-state index < -0.39 is 5.79 Å². The van der Waals surface area contributed by atoms with Crippen LogP contribution in [0.1, 0.15) is 66.3 Å². The molecular weight excluding hydrogens is 360 g/mol. The average molecular weight is 390 g/mol. The third-order valence-electron chi connectivity index (χ3n) is 5.82. The number of carbonyl (C=O) groups is 2. The summed E-state index contributed by atoms with van der Waals surface area (Å²) in [6.45, 7) is 7.85. The lowest BCUT2D eigenvalue weighted by atomic mass is 10.0. The molecule has 0 unspecified atom stereocenters. The van der Waals surface area contributed by atoms with E-state index in [1.54, 1.807) is 0 Å². The molecule has 4 heterocycles. The number of rotatable bonds is 4. The molecule has 0 saturated carbocycles. The van der Waals surface area contributed by atoms with Crippen molar-refractivity contribution in [1.82, 2.24) is 19.8 Å². The number of hydrogen-bond acceptors (Lipinski definition) is 5. The van der Waals surface area contributed by atoms with E-state index in [4.69, 9.17) is 9.47 Å². The van der Waals surface area contributed by atoms with Gasteiger partial charge < -0.3 is 24.3 Å². The Balaban J connectivity index is 1.52. The molecule has 0 atom stereocenters. The molecular formula is C20H30N4O4. The first-order valence-corrected chi connectivity index (χ1v) is 10.4. The van der Waals surface area contributed by atoms with Crippen LogP contribution in [0.4, 0.5) is 0 Å². The van der Waals surface area contributed by atoms with Crippen LogP contribution >= 0.6 is 0 Å². The molecule has 1 aromatic heterocycles. The van der Waals surface area contributed by atoms with E-state index in [1.807, 2.05) is 9.47 Å². The minimum absolute atomic E-state index is 0.0982. The van der Waals surface area contributed by atoms with E-state index >= 15 is 0 Å². The van der Waals surface area contributed by atoms with Gasteiger partial charge in [0, 0.05) is 39.0 Å². The van der Waals surface area contributed by atoms with Crippen LogP contribution in [0.15, 0.2) is 0 Å². The fraction of sp³-hybridized carbons (Fsp3) is 0.750. The Bertz CT molecular complexity index is 742. The Morgan fingerprint density at radius 2 is 1.86 bits per heavy atom. The zero-order chi connectivity index (χ0) is 19.7. The number of fused-ring (bicyclic) bond motifs is 1. The van der Waals surface area contributed by atoms with Gasteiger partial charge in [0.1, 0.15) is 5.69 Å². The summed E-state index contributed by atoms with van der Waals surface area (Å²) in [5, 5.41) is 2.94. The van der Waals surface area contributed by atoms with Crippen molar-refractivity contribution >= 4 is 11.8 Å². The smallest absolute Gasteiger partial charge is 0.289 e. The number of likely N-dealkylation sites (tertiary alicyclic amines) is 1. The molecule has 8 nitrogen and oxygen atoms in total. The van der Waals surface area contributed by atoms with Crippen LogP contribution in [-0.4, -0.2) is 64.9 Å². The van der Waals surface area contributed by atoms with Gasteiger partial charge in [-0.15, -0.1) is 0 Å². The number of carbonyl (C=O) groups excluding carboxylic acids is 2. The molecule has 8 heteroatoms. The monoisotopic (exact) mass is 390 g/mol. The van der Waals surface area contributed by atoms with Crippen molar-refractivity contribution in [2.45, 2.75) is 58.3 Å². The minimum Gasteiger partial charge on any atom is -0.350 e. The van der Waals surface area contributed by atoms with E-state index in [-0.39, 0.29) is 11.8 Å². The predicted molar refractivity (Wildman–Crippen MR) is 102 cm³/mol. The maximum atomic E-state index is 13.2. The molecule has 0 bridgehead atoms. The summed E-state index contributed by atoms with van der Waals surface area (Å²) in [5.41, 5.74) is 1.31. The van der Waals surface area contributed by atoms with Gasteiger partial charge in [-0.1, -0.05) is 13.8 Å². The Morgan fingerprint density at radius 3 is 2.54 bits per heavy atom. The van der Waals surface area contributed by atoms with Crippen molar-refractivity contribution < 1.29 is 19.1 Å². The van der Waals surface area contributed by atoms with Gasteiger partial charge in [0.2, 0.25) is 0 Å². The van der Waals surface area contributed by atoms with Crippen LogP contribution in [0.25, 0.3) is 0 Å². The molecule has 28 heavy (non-hydrogen) atoms. The van der Waals surface area contributed by atoms with E-state index in [0.717, 1.165) is 31.5 Å². The molecule has 1 spiro atoms. The van der Waals surface area contributed by atoms with Crippen molar-refractivity contribution in [2.75, 3.05) is 32.8 Å². The highest BCUT2D eigenvalue weighted by Crippen LogP contribution is 2.32. The second-order valence-corrected chi connectivity index (χ2v) is 8.34. The van der Waals surface area contributed by atoms with Gasteiger partial charge in [0.15, 0.2) is 11.6 Å². The summed E-state index contributed by atoms with van der Waals surface area (Å²) < 4.78 is 13.5. The first-order valence-electron chi connectivity index (χ1n) is 10.4. The zero-order valence-electron chi connectivity index (χ0n) is 16.8. The van der Waals surface area contributed by atoms with Gasteiger partial charge in [-0.2, -0.15) is 0 Å². The number of aromatic nitrogens is 2. The van der Waals surface area contributed by atoms with E-state index in [0.29, 0.717) is 63.1 Å². The highest BCUT2D eigenvalue weighted by molar-refractivity contribution is 5.97. The third-order valence-corrected chi connectivity index (χ3v) is 5.82. The molecule has 1 aromatic rings. The summed E-state index contributed by atoms with van der Waals surface area (Å²) in [6.07, 6.45) is 4.16. The van der Waals surface area contributed by atoms with Gasteiger partial charge >= 0.3 is 0 Å². The van der Waals surface area contributed by atoms with Crippen molar-refractivity contribution in [3.63, 3.8) is 0 Å². The van der Waals surface area contributed by atoms with E-state index in [2.05, 4.69) is 24.1 Å². The molecule has 4 rings (SSSR count). The molecule has 1 N–H and O–H groups in total. The standard InChI is InChI=1S/C20H30N4O4/c1-14(2)13-21-18(25)16-15-5-3-4-8-24(15)17(22-16)19(26)23-9-6-20(7-10-23)27-11-12-28-20/h14H,3-13H2,1-2H3,(H,21,25). The van der Waals surface area contributed by atoms with E-state index in [1.165, 1.54) is 0 Å². The number of piperidine rings is 1. The summed E-state index contributed by atoms with van der Waals surface area (Å²) in [7, 11) is 0. The SMILES string of the molecule is CC(C)CNC(=O)c1nc(C(=O)N2CCC3(CC2)OCCO3)n2c1CCCC2. The molecule has 2 saturated heterocycles. The Morgan fingerprint density at radius 1 is 1.14 bits per heavy atom. The molecule has 154 valence electrons. The van der Waals surface area contributed by atoms with Crippen molar-refractivity contribution in [1.29, 1.82) is 0 Å². The highest BCUT2D eigenvalue weighted by atomic mass is 16.7. The molecule has 3 aliphatic heterocycles. The van der Waals surface area contributed by atoms with Gasteiger partial charge in [-0.25, -0.2) is 4.98 Å². The molecule has 0 aromatic carbocycles. The number of amides is 2. The Hall–Kier alpha value is -1.93. The summed E-state index contributed by atoms with van der Waals surface area (Å²) in [6, 6.07) is 0. The zero-order valence-corrected chi connectivity index (χ0v) is 16.8. The average Bonchev–Trinajstić information content (AvgIpc) is 3.31. The summed E-state index contributed by atoms with van der Waals surface area (Å²) in [5.74, 6) is -0.0227. The first-order chi connectivity index (χ1) is 13.5. The summed E-state index contributed by atoms with van der Waals surface area (Å²) in [4.78, 5) is 32.2.